The largest absolute Gasteiger partial charge is 0.356 e. The van der Waals surface area contributed by atoms with Crippen molar-refractivity contribution in [3.05, 3.63) is 11.6 Å². The number of aliphatic imine (C=N–C) groups is 1. The minimum Gasteiger partial charge on any atom is -0.356 e. The van der Waals surface area contributed by atoms with Crippen LogP contribution in [0.25, 0.3) is 0 Å². The zero-order valence-corrected chi connectivity index (χ0v) is 9.63. The first-order valence-electron chi connectivity index (χ1n) is 6.03. The van der Waals surface area contributed by atoms with Gasteiger partial charge in [0.15, 0.2) is 5.96 Å². The molecule has 0 spiro atoms. The molecule has 0 saturated carbocycles. The zero-order chi connectivity index (χ0) is 10.5. The van der Waals surface area contributed by atoms with Gasteiger partial charge in [0, 0.05) is 20.1 Å². The van der Waals surface area contributed by atoms with E-state index in [1.54, 1.807) is 5.57 Å². The summed E-state index contributed by atoms with van der Waals surface area (Å²) in [5.41, 5.74) is 1.63. The van der Waals surface area contributed by atoms with Gasteiger partial charge in [0.25, 0.3) is 0 Å². The molecule has 3 heteroatoms. The Morgan fingerprint density at radius 3 is 3.07 bits per heavy atom. The number of hydrogen-bond acceptors (Lipinski definition) is 3. The molecule has 2 rings (SSSR count). The summed E-state index contributed by atoms with van der Waals surface area (Å²) in [6.07, 6.45) is 8.97. The quantitative estimate of drug-likeness (QED) is 0.714. The van der Waals surface area contributed by atoms with Crippen molar-refractivity contribution < 1.29 is 0 Å². The van der Waals surface area contributed by atoms with Crippen LogP contribution in [0.5, 0.6) is 0 Å². The van der Waals surface area contributed by atoms with Gasteiger partial charge in [-0.15, -0.1) is 0 Å². The van der Waals surface area contributed by atoms with E-state index in [-0.39, 0.29) is 0 Å². The maximum Gasteiger partial charge on any atom is 0.193 e. The number of likely N-dealkylation sites (N-methyl/N-ethyl adjacent to an activating group) is 1. The molecule has 1 N–H and O–H groups in total. The molecule has 0 bridgehead atoms. The number of rotatable bonds is 3. The predicted octanol–water partition coefficient (Wildman–Crippen LogP) is 1.77. The van der Waals surface area contributed by atoms with Crippen molar-refractivity contribution in [3.63, 3.8) is 0 Å². The highest BCUT2D eigenvalue weighted by Crippen LogP contribution is 2.19. The van der Waals surface area contributed by atoms with Crippen LogP contribution < -0.4 is 5.32 Å². The maximum atomic E-state index is 4.41. The summed E-state index contributed by atoms with van der Waals surface area (Å²) < 4.78 is 0. The first-order chi connectivity index (χ1) is 7.36. The molecule has 3 nitrogen and oxygen atoms in total. The molecule has 0 aromatic carbocycles. The van der Waals surface area contributed by atoms with Crippen molar-refractivity contribution in [2.24, 2.45) is 4.99 Å². The van der Waals surface area contributed by atoms with E-state index in [4.69, 9.17) is 0 Å². The van der Waals surface area contributed by atoms with Gasteiger partial charge in [-0.3, -0.25) is 4.99 Å². The molecule has 1 heterocycles. The van der Waals surface area contributed by atoms with Crippen molar-refractivity contribution in [3.8, 4) is 0 Å². The third-order valence-corrected chi connectivity index (χ3v) is 3.17. The third-order valence-electron chi connectivity index (χ3n) is 3.17. The molecular weight excluding hydrogens is 186 g/mol. The molecule has 0 unspecified atom stereocenters. The van der Waals surface area contributed by atoms with Gasteiger partial charge in [-0.1, -0.05) is 11.6 Å². The number of nitrogens with one attached hydrogen (secondary N) is 1. The molecule has 84 valence electrons. The van der Waals surface area contributed by atoms with Crippen molar-refractivity contribution in [1.82, 2.24) is 10.2 Å². The minimum absolute atomic E-state index is 0.946. The maximum absolute atomic E-state index is 4.41. The van der Waals surface area contributed by atoms with E-state index in [0.717, 1.165) is 25.6 Å². The number of nitrogens with zero attached hydrogens (tertiary/aromatic N) is 2. The van der Waals surface area contributed by atoms with Gasteiger partial charge < -0.3 is 10.2 Å². The minimum atomic E-state index is 0.946. The summed E-state index contributed by atoms with van der Waals surface area (Å²) >= 11 is 0. The van der Waals surface area contributed by atoms with Crippen LogP contribution in [-0.2, 0) is 0 Å². The molecule has 2 aliphatic rings. The smallest absolute Gasteiger partial charge is 0.193 e. The standard InChI is InChI=1S/C12H21N3/c1-15-10-9-14-12(15)13-8-7-11-5-3-2-4-6-11/h5H,2-4,6-10H2,1H3,(H,13,14). The third kappa shape index (κ3) is 2.98. The molecule has 0 radical (unpaired) electrons. The fourth-order valence-electron chi connectivity index (χ4n) is 2.19. The average molecular weight is 207 g/mol. The Bertz CT molecular complexity index is 268. The lowest BCUT2D eigenvalue weighted by molar-refractivity contribution is 0.533. The molecule has 0 amide bonds. The van der Waals surface area contributed by atoms with Gasteiger partial charge in [0.05, 0.1) is 6.54 Å². The average Bonchev–Trinajstić information content (AvgIpc) is 2.66. The van der Waals surface area contributed by atoms with Crippen LogP contribution in [0.3, 0.4) is 0 Å². The fourth-order valence-corrected chi connectivity index (χ4v) is 2.19. The first-order valence-corrected chi connectivity index (χ1v) is 6.03. The highest BCUT2D eigenvalue weighted by atomic mass is 15.3. The fraction of sp³-hybridized carbons (Fsp3) is 0.750. The van der Waals surface area contributed by atoms with Gasteiger partial charge in [-0.05, 0) is 32.1 Å². The Labute approximate surface area is 92.3 Å². The number of allylic oxidation sites excluding steroid dienone is 1. The van der Waals surface area contributed by atoms with E-state index in [1.165, 1.54) is 32.1 Å². The Morgan fingerprint density at radius 2 is 2.40 bits per heavy atom. The van der Waals surface area contributed by atoms with E-state index in [1.807, 2.05) is 0 Å². The summed E-state index contributed by atoms with van der Waals surface area (Å²) in [5.74, 6) is 1.08. The van der Waals surface area contributed by atoms with E-state index in [2.05, 4.69) is 28.3 Å². The van der Waals surface area contributed by atoms with Gasteiger partial charge in [-0.25, -0.2) is 0 Å². The van der Waals surface area contributed by atoms with Crippen LogP contribution >= 0.6 is 0 Å². The Hall–Kier alpha value is -0.990. The van der Waals surface area contributed by atoms with E-state index in [0.29, 0.717) is 0 Å². The summed E-state index contributed by atoms with van der Waals surface area (Å²) in [4.78, 5) is 6.60. The summed E-state index contributed by atoms with van der Waals surface area (Å²) in [5, 5.41) is 3.41. The van der Waals surface area contributed by atoms with E-state index in [9.17, 15) is 0 Å². The van der Waals surface area contributed by atoms with Crippen LogP contribution in [0.1, 0.15) is 32.1 Å². The van der Waals surface area contributed by atoms with Crippen molar-refractivity contribution in [1.29, 1.82) is 0 Å². The second-order valence-corrected chi connectivity index (χ2v) is 4.41. The topological polar surface area (TPSA) is 27.6 Å². The molecule has 0 aromatic rings. The Morgan fingerprint density at radius 1 is 1.47 bits per heavy atom. The molecule has 0 aromatic heterocycles. The molecule has 15 heavy (non-hydrogen) atoms. The van der Waals surface area contributed by atoms with Crippen LogP contribution in [-0.4, -0.2) is 37.5 Å². The van der Waals surface area contributed by atoms with Crippen LogP contribution in [0.4, 0.5) is 0 Å². The summed E-state index contributed by atoms with van der Waals surface area (Å²) in [6.45, 7) is 3.04. The van der Waals surface area contributed by atoms with Crippen molar-refractivity contribution in [2.45, 2.75) is 32.1 Å². The summed E-state index contributed by atoms with van der Waals surface area (Å²) in [6, 6.07) is 0. The lowest BCUT2D eigenvalue weighted by atomic mass is 9.97. The lowest BCUT2D eigenvalue weighted by Crippen LogP contribution is -2.36. The van der Waals surface area contributed by atoms with Gasteiger partial charge in [-0.2, -0.15) is 0 Å². The molecular formula is C12H21N3. The predicted molar refractivity (Wildman–Crippen MR) is 64.1 cm³/mol. The molecule has 1 aliphatic heterocycles. The second-order valence-electron chi connectivity index (χ2n) is 4.41. The van der Waals surface area contributed by atoms with Crippen molar-refractivity contribution in [2.75, 3.05) is 26.7 Å². The number of hydrogen-bond donors (Lipinski definition) is 1. The normalized spacial score (nSPS) is 21.3. The van der Waals surface area contributed by atoms with Gasteiger partial charge in [0.1, 0.15) is 0 Å². The molecule has 1 aliphatic carbocycles. The zero-order valence-electron chi connectivity index (χ0n) is 9.63. The van der Waals surface area contributed by atoms with Crippen LogP contribution in [0.2, 0.25) is 0 Å². The lowest BCUT2D eigenvalue weighted by Gasteiger charge is -2.17. The van der Waals surface area contributed by atoms with Crippen LogP contribution in [0.15, 0.2) is 16.6 Å². The van der Waals surface area contributed by atoms with Gasteiger partial charge >= 0.3 is 0 Å². The first kappa shape index (κ1) is 10.5. The summed E-state index contributed by atoms with van der Waals surface area (Å²) in [7, 11) is 2.10. The Kier molecular flexibility index (Phi) is 3.64. The van der Waals surface area contributed by atoms with Crippen LogP contribution in [0, 0.1) is 0 Å². The molecule has 0 fully saturated rings. The van der Waals surface area contributed by atoms with Gasteiger partial charge in [0.2, 0.25) is 0 Å². The van der Waals surface area contributed by atoms with E-state index >= 15 is 0 Å². The van der Waals surface area contributed by atoms with E-state index < -0.39 is 0 Å². The highest BCUT2D eigenvalue weighted by Gasteiger charge is 2.11. The Balaban J connectivity index is 1.68. The number of guanidine groups is 1. The SMILES string of the molecule is CN1CCN=C1NCCC1=CCCCC1. The molecule has 0 atom stereocenters. The van der Waals surface area contributed by atoms with Crippen molar-refractivity contribution >= 4 is 5.96 Å². The highest BCUT2D eigenvalue weighted by molar-refractivity contribution is 5.81. The molecule has 0 saturated heterocycles. The second kappa shape index (κ2) is 5.19. The monoisotopic (exact) mass is 207 g/mol.